The summed E-state index contributed by atoms with van der Waals surface area (Å²) < 4.78 is 5.16. The molecule has 1 aliphatic rings. The molecule has 0 spiro atoms. The number of rotatable bonds is 5. The Hall–Kier alpha value is -2.34. The number of methoxy groups -OCH3 is 1. The molecule has 0 aliphatic carbocycles. The van der Waals surface area contributed by atoms with Crippen molar-refractivity contribution in [2.75, 3.05) is 12.4 Å². The third-order valence-corrected chi connectivity index (χ3v) is 4.74. The predicted molar refractivity (Wildman–Crippen MR) is 89.5 cm³/mol. The summed E-state index contributed by atoms with van der Waals surface area (Å²) in [7, 11) is 1.58. The van der Waals surface area contributed by atoms with Gasteiger partial charge in [0.2, 0.25) is 11.8 Å². The number of anilines is 1. The Bertz CT molecular complexity index is 700. The number of thiophene rings is 1. The van der Waals surface area contributed by atoms with Crippen LogP contribution < -0.4 is 10.1 Å². The van der Waals surface area contributed by atoms with Crippen LogP contribution in [0.5, 0.6) is 5.75 Å². The highest BCUT2D eigenvalue weighted by molar-refractivity contribution is 7.09. The van der Waals surface area contributed by atoms with Crippen molar-refractivity contribution in [3.8, 4) is 5.75 Å². The van der Waals surface area contributed by atoms with Crippen LogP contribution in [0.25, 0.3) is 0 Å². The number of likely N-dealkylation sites (tertiary alicyclic amines) is 1. The fourth-order valence-corrected chi connectivity index (χ4v) is 3.40. The van der Waals surface area contributed by atoms with Crippen molar-refractivity contribution in [1.29, 1.82) is 0 Å². The molecule has 0 saturated carbocycles. The second-order valence-corrected chi connectivity index (χ2v) is 6.41. The van der Waals surface area contributed by atoms with Crippen molar-refractivity contribution in [3.05, 3.63) is 46.7 Å². The van der Waals surface area contributed by atoms with E-state index in [1.54, 1.807) is 35.5 Å². The molecule has 0 bridgehead atoms. The van der Waals surface area contributed by atoms with E-state index in [9.17, 15) is 9.59 Å². The summed E-state index contributed by atoms with van der Waals surface area (Å²) >= 11 is 1.59. The Balaban J connectivity index is 1.71. The van der Waals surface area contributed by atoms with E-state index in [0.29, 0.717) is 30.8 Å². The molecule has 2 aromatic rings. The number of nitrogens with zero attached hydrogens (tertiary/aromatic N) is 1. The Morgan fingerprint density at radius 3 is 3.00 bits per heavy atom. The van der Waals surface area contributed by atoms with E-state index in [0.717, 1.165) is 4.88 Å². The molecule has 2 amide bonds. The molecule has 5 nitrogen and oxygen atoms in total. The van der Waals surface area contributed by atoms with Gasteiger partial charge in [-0.2, -0.15) is 0 Å². The zero-order chi connectivity index (χ0) is 16.2. The van der Waals surface area contributed by atoms with Crippen molar-refractivity contribution < 1.29 is 14.3 Å². The van der Waals surface area contributed by atoms with Gasteiger partial charge < -0.3 is 15.0 Å². The zero-order valence-corrected chi connectivity index (χ0v) is 13.6. The normalized spacial score (nSPS) is 17.3. The number of carbonyl (C=O) groups is 2. The maximum absolute atomic E-state index is 12.6. The van der Waals surface area contributed by atoms with E-state index >= 15 is 0 Å². The minimum atomic E-state index is -0.421. The molecule has 0 unspecified atom stereocenters. The summed E-state index contributed by atoms with van der Waals surface area (Å²) in [5.41, 5.74) is 0.671. The van der Waals surface area contributed by atoms with Gasteiger partial charge >= 0.3 is 0 Å². The van der Waals surface area contributed by atoms with Gasteiger partial charge in [-0.1, -0.05) is 12.1 Å². The first kappa shape index (κ1) is 15.6. The number of carbonyl (C=O) groups excluding carboxylic acids is 2. The zero-order valence-electron chi connectivity index (χ0n) is 12.8. The molecule has 1 aromatic heterocycles. The SMILES string of the molecule is COc1cccc(NC(=O)[C@H]2CCC(=O)N2Cc2cccs2)c1. The number of amides is 2. The molecule has 0 radical (unpaired) electrons. The molecular weight excluding hydrogens is 312 g/mol. The van der Waals surface area contributed by atoms with Gasteiger partial charge in [-0.25, -0.2) is 0 Å². The first-order chi connectivity index (χ1) is 11.2. The lowest BCUT2D eigenvalue weighted by atomic mass is 10.2. The third-order valence-electron chi connectivity index (χ3n) is 3.87. The van der Waals surface area contributed by atoms with Crippen LogP contribution in [0.4, 0.5) is 5.69 Å². The quantitative estimate of drug-likeness (QED) is 0.917. The van der Waals surface area contributed by atoms with Gasteiger partial charge in [-0.15, -0.1) is 11.3 Å². The van der Waals surface area contributed by atoms with E-state index < -0.39 is 6.04 Å². The molecule has 2 heterocycles. The molecule has 1 aliphatic heterocycles. The fraction of sp³-hybridized carbons (Fsp3) is 0.294. The molecule has 1 saturated heterocycles. The first-order valence-electron chi connectivity index (χ1n) is 7.44. The molecule has 6 heteroatoms. The van der Waals surface area contributed by atoms with Crippen LogP contribution in [-0.2, 0) is 16.1 Å². The predicted octanol–water partition coefficient (Wildman–Crippen LogP) is 2.89. The minimum Gasteiger partial charge on any atom is -0.497 e. The lowest BCUT2D eigenvalue weighted by Gasteiger charge is -2.23. The van der Waals surface area contributed by atoms with Crippen LogP contribution in [0, 0.1) is 0 Å². The van der Waals surface area contributed by atoms with Crippen molar-refractivity contribution >= 4 is 28.8 Å². The largest absolute Gasteiger partial charge is 0.497 e. The lowest BCUT2D eigenvalue weighted by Crippen LogP contribution is -2.40. The second-order valence-electron chi connectivity index (χ2n) is 5.38. The number of ether oxygens (including phenoxy) is 1. The molecular formula is C17H18N2O3S. The molecule has 1 atom stereocenters. The van der Waals surface area contributed by atoms with Crippen molar-refractivity contribution in [2.24, 2.45) is 0 Å². The fourth-order valence-electron chi connectivity index (χ4n) is 2.70. The number of hydrogen-bond donors (Lipinski definition) is 1. The highest BCUT2D eigenvalue weighted by Crippen LogP contribution is 2.25. The third kappa shape index (κ3) is 3.53. The molecule has 1 N–H and O–H groups in total. The van der Waals surface area contributed by atoms with Gasteiger partial charge in [0, 0.05) is 23.1 Å². The van der Waals surface area contributed by atoms with Gasteiger partial charge in [0.1, 0.15) is 11.8 Å². The molecule has 1 fully saturated rings. The standard InChI is InChI=1S/C17H18N2O3S/c1-22-13-5-2-4-12(10-13)18-17(21)15-7-8-16(20)19(15)11-14-6-3-9-23-14/h2-6,9-10,15H,7-8,11H2,1H3,(H,18,21)/t15-/m1/s1. The second kappa shape index (κ2) is 6.83. The molecule has 3 rings (SSSR count). The summed E-state index contributed by atoms with van der Waals surface area (Å²) in [5.74, 6) is 0.561. The highest BCUT2D eigenvalue weighted by atomic mass is 32.1. The summed E-state index contributed by atoms with van der Waals surface area (Å²) in [4.78, 5) is 27.4. The van der Waals surface area contributed by atoms with Crippen LogP contribution in [0.2, 0.25) is 0 Å². The first-order valence-corrected chi connectivity index (χ1v) is 8.32. The van der Waals surface area contributed by atoms with Crippen molar-refractivity contribution in [2.45, 2.75) is 25.4 Å². The summed E-state index contributed by atoms with van der Waals surface area (Å²) in [6.07, 6.45) is 0.974. The Kier molecular flexibility index (Phi) is 4.62. The lowest BCUT2D eigenvalue weighted by molar-refractivity contribution is -0.133. The summed E-state index contributed by atoms with van der Waals surface area (Å²) in [5, 5.41) is 4.85. The highest BCUT2D eigenvalue weighted by Gasteiger charge is 2.36. The van der Waals surface area contributed by atoms with E-state index in [4.69, 9.17) is 4.74 Å². The van der Waals surface area contributed by atoms with Gasteiger partial charge in [0.25, 0.3) is 0 Å². The smallest absolute Gasteiger partial charge is 0.247 e. The van der Waals surface area contributed by atoms with Crippen molar-refractivity contribution in [1.82, 2.24) is 4.90 Å². The summed E-state index contributed by atoms with van der Waals surface area (Å²) in [6, 6.07) is 10.7. The van der Waals surface area contributed by atoms with Gasteiger partial charge in [0.05, 0.1) is 13.7 Å². The average molecular weight is 330 g/mol. The van der Waals surface area contributed by atoms with Gasteiger partial charge in [-0.05, 0) is 30.0 Å². The van der Waals surface area contributed by atoms with Crippen LogP contribution in [-0.4, -0.2) is 29.9 Å². The van der Waals surface area contributed by atoms with E-state index in [2.05, 4.69) is 5.32 Å². The maximum atomic E-state index is 12.6. The minimum absolute atomic E-state index is 0.0317. The van der Waals surface area contributed by atoms with Gasteiger partial charge in [-0.3, -0.25) is 9.59 Å². The molecule has 1 aromatic carbocycles. The Morgan fingerprint density at radius 1 is 1.39 bits per heavy atom. The Morgan fingerprint density at radius 2 is 2.26 bits per heavy atom. The van der Waals surface area contributed by atoms with E-state index in [1.165, 1.54) is 0 Å². The monoisotopic (exact) mass is 330 g/mol. The van der Waals surface area contributed by atoms with E-state index in [-0.39, 0.29) is 11.8 Å². The number of benzene rings is 1. The van der Waals surface area contributed by atoms with Crippen LogP contribution in [0.1, 0.15) is 17.7 Å². The van der Waals surface area contributed by atoms with Crippen LogP contribution in [0.3, 0.4) is 0 Å². The van der Waals surface area contributed by atoms with Crippen LogP contribution in [0.15, 0.2) is 41.8 Å². The van der Waals surface area contributed by atoms with E-state index in [1.807, 2.05) is 29.6 Å². The van der Waals surface area contributed by atoms with Gasteiger partial charge in [0.15, 0.2) is 0 Å². The van der Waals surface area contributed by atoms with Crippen molar-refractivity contribution in [3.63, 3.8) is 0 Å². The molecule has 23 heavy (non-hydrogen) atoms. The van der Waals surface area contributed by atoms with Crippen LogP contribution >= 0.6 is 11.3 Å². The topological polar surface area (TPSA) is 58.6 Å². The number of nitrogens with one attached hydrogen (secondary N) is 1. The summed E-state index contributed by atoms with van der Waals surface area (Å²) in [6.45, 7) is 0.493. The average Bonchev–Trinajstić information content (AvgIpc) is 3.19. The number of hydrogen-bond acceptors (Lipinski definition) is 4. The maximum Gasteiger partial charge on any atom is 0.247 e. The Labute approximate surface area is 138 Å². The molecule has 120 valence electrons.